The summed E-state index contributed by atoms with van der Waals surface area (Å²) in [5.41, 5.74) is -0.358. The quantitative estimate of drug-likeness (QED) is 0.871. The summed E-state index contributed by atoms with van der Waals surface area (Å²) < 4.78 is 18.1. The predicted molar refractivity (Wildman–Crippen MR) is 77.8 cm³/mol. The third-order valence-corrected chi connectivity index (χ3v) is 2.51. The van der Waals surface area contributed by atoms with Crippen molar-refractivity contribution < 1.29 is 18.7 Å². The molecule has 1 aromatic carbocycles. The molecule has 7 heteroatoms. The number of carbonyl (C=O) groups excluding carboxylic acids is 2. The fourth-order valence-corrected chi connectivity index (χ4v) is 1.58. The Morgan fingerprint density at radius 3 is 2.52 bits per heavy atom. The molecule has 0 unspecified atom stereocenters. The van der Waals surface area contributed by atoms with Crippen molar-refractivity contribution in [3.05, 3.63) is 29.0 Å². The summed E-state index contributed by atoms with van der Waals surface area (Å²) in [6, 6.07) is 3.78. The molecule has 116 valence electrons. The fraction of sp³-hybridized carbons (Fsp3) is 0.429. The SMILES string of the molecule is CC(C)(C)NC(=O)CNC(=O)COc1ccc(F)c(Cl)c1. The summed E-state index contributed by atoms with van der Waals surface area (Å²) in [4.78, 5) is 23.0. The van der Waals surface area contributed by atoms with Crippen LogP contribution in [0.3, 0.4) is 0 Å². The molecular formula is C14H18ClFN2O3. The Bertz CT molecular complexity index is 529. The lowest BCUT2D eigenvalue weighted by atomic mass is 10.1. The molecule has 0 saturated heterocycles. The number of nitrogens with one attached hydrogen (secondary N) is 2. The second-order valence-corrected chi connectivity index (χ2v) is 5.85. The summed E-state index contributed by atoms with van der Waals surface area (Å²) >= 11 is 5.58. The Morgan fingerprint density at radius 1 is 1.29 bits per heavy atom. The Morgan fingerprint density at radius 2 is 1.95 bits per heavy atom. The van der Waals surface area contributed by atoms with Crippen LogP contribution in [0.25, 0.3) is 0 Å². The maximum Gasteiger partial charge on any atom is 0.258 e. The average Bonchev–Trinajstić information content (AvgIpc) is 2.36. The first-order valence-corrected chi connectivity index (χ1v) is 6.71. The molecule has 0 aliphatic rings. The molecule has 5 nitrogen and oxygen atoms in total. The Kier molecular flexibility index (Phi) is 5.96. The van der Waals surface area contributed by atoms with Gasteiger partial charge in [-0.15, -0.1) is 0 Å². The number of amides is 2. The molecule has 0 bridgehead atoms. The van der Waals surface area contributed by atoms with E-state index in [2.05, 4.69) is 10.6 Å². The van der Waals surface area contributed by atoms with Gasteiger partial charge in [0.15, 0.2) is 6.61 Å². The van der Waals surface area contributed by atoms with E-state index in [4.69, 9.17) is 16.3 Å². The molecule has 0 radical (unpaired) electrons. The van der Waals surface area contributed by atoms with Gasteiger partial charge in [-0.25, -0.2) is 4.39 Å². The normalized spacial score (nSPS) is 10.9. The van der Waals surface area contributed by atoms with Crippen LogP contribution in [-0.4, -0.2) is 30.5 Å². The van der Waals surface area contributed by atoms with E-state index < -0.39 is 11.7 Å². The van der Waals surface area contributed by atoms with E-state index in [1.807, 2.05) is 20.8 Å². The van der Waals surface area contributed by atoms with Crippen LogP contribution in [0.2, 0.25) is 5.02 Å². The van der Waals surface area contributed by atoms with Crippen molar-refractivity contribution >= 4 is 23.4 Å². The van der Waals surface area contributed by atoms with Crippen molar-refractivity contribution in [2.75, 3.05) is 13.2 Å². The van der Waals surface area contributed by atoms with E-state index in [1.54, 1.807) is 0 Å². The average molecular weight is 317 g/mol. The fourth-order valence-electron chi connectivity index (χ4n) is 1.41. The zero-order valence-electron chi connectivity index (χ0n) is 12.1. The maximum atomic E-state index is 12.9. The first kappa shape index (κ1) is 17.2. The Labute approximate surface area is 127 Å². The molecular weight excluding hydrogens is 299 g/mol. The summed E-state index contributed by atoms with van der Waals surface area (Å²) in [6.07, 6.45) is 0. The molecule has 0 fully saturated rings. The van der Waals surface area contributed by atoms with Crippen molar-refractivity contribution in [3.63, 3.8) is 0 Å². The molecule has 1 aromatic rings. The summed E-state index contributed by atoms with van der Waals surface area (Å²) in [6.45, 7) is 5.10. The lowest BCUT2D eigenvalue weighted by molar-refractivity contribution is -0.127. The van der Waals surface area contributed by atoms with Gasteiger partial charge in [0, 0.05) is 11.6 Å². The highest BCUT2D eigenvalue weighted by Gasteiger charge is 2.14. The molecule has 0 aromatic heterocycles. The lowest BCUT2D eigenvalue weighted by Gasteiger charge is -2.20. The van der Waals surface area contributed by atoms with Crippen molar-refractivity contribution in [2.24, 2.45) is 0 Å². The minimum atomic E-state index is -0.563. The van der Waals surface area contributed by atoms with Gasteiger partial charge in [-0.3, -0.25) is 9.59 Å². The molecule has 0 heterocycles. The van der Waals surface area contributed by atoms with Crippen LogP contribution in [0, 0.1) is 5.82 Å². The van der Waals surface area contributed by atoms with Crippen molar-refractivity contribution in [3.8, 4) is 5.75 Å². The zero-order chi connectivity index (χ0) is 16.0. The van der Waals surface area contributed by atoms with Gasteiger partial charge in [0.25, 0.3) is 5.91 Å². The van der Waals surface area contributed by atoms with Gasteiger partial charge in [0.1, 0.15) is 11.6 Å². The van der Waals surface area contributed by atoms with Gasteiger partial charge >= 0.3 is 0 Å². The molecule has 0 spiro atoms. The number of hydrogen-bond donors (Lipinski definition) is 2. The van der Waals surface area contributed by atoms with Crippen LogP contribution in [0.4, 0.5) is 4.39 Å². The number of hydrogen-bond acceptors (Lipinski definition) is 3. The third-order valence-electron chi connectivity index (χ3n) is 2.22. The van der Waals surface area contributed by atoms with Crippen LogP contribution >= 0.6 is 11.6 Å². The van der Waals surface area contributed by atoms with E-state index in [0.717, 1.165) is 6.07 Å². The molecule has 0 atom stereocenters. The van der Waals surface area contributed by atoms with Gasteiger partial charge < -0.3 is 15.4 Å². The molecule has 2 N–H and O–H groups in total. The number of ether oxygens (including phenoxy) is 1. The van der Waals surface area contributed by atoms with E-state index in [0.29, 0.717) is 0 Å². The Balaban J connectivity index is 2.34. The van der Waals surface area contributed by atoms with Gasteiger partial charge in [0.2, 0.25) is 5.91 Å². The minimum absolute atomic E-state index is 0.0857. The van der Waals surface area contributed by atoms with E-state index in [9.17, 15) is 14.0 Å². The highest BCUT2D eigenvalue weighted by molar-refractivity contribution is 6.30. The van der Waals surface area contributed by atoms with Gasteiger partial charge in [0.05, 0.1) is 11.6 Å². The number of rotatable bonds is 5. The molecule has 1 rings (SSSR count). The summed E-state index contributed by atoms with van der Waals surface area (Å²) in [5, 5.41) is 5.04. The standard InChI is InChI=1S/C14H18ClFN2O3/c1-14(2,3)18-12(19)7-17-13(20)8-21-9-4-5-11(16)10(15)6-9/h4-6H,7-8H2,1-3H3,(H,17,20)(H,18,19). The second kappa shape index (κ2) is 7.26. The molecule has 21 heavy (non-hydrogen) atoms. The zero-order valence-corrected chi connectivity index (χ0v) is 12.9. The molecule has 0 saturated carbocycles. The van der Waals surface area contributed by atoms with Crippen molar-refractivity contribution in [1.29, 1.82) is 0 Å². The summed E-state index contributed by atoms with van der Waals surface area (Å²) in [7, 11) is 0. The number of carbonyl (C=O) groups is 2. The summed E-state index contributed by atoms with van der Waals surface area (Å²) in [5.74, 6) is -1.04. The predicted octanol–water partition coefficient (Wildman–Crippen LogP) is 1.89. The molecule has 2 amide bonds. The minimum Gasteiger partial charge on any atom is -0.484 e. The number of halogens is 2. The molecule has 0 aliphatic carbocycles. The van der Waals surface area contributed by atoms with Gasteiger partial charge in [-0.2, -0.15) is 0 Å². The van der Waals surface area contributed by atoms with Gasteiger partial charge in [-0.1, -0.05) is 11.6 Å². The number of benzene rings is 1. The highest BCUT2D eigenvalue weighted by atomic mass is 35.5. The van der Waals surface area contributed by atoms with Crippen molar-refractivity contribution in [1.82, 2.24) is 10.6 Å². The third kappa shape index (κ3) is 6.94. The first-order valence-electron chi connectivity index (χ1n) is 6.33. The Hall–Kier alpha value is -1.82. The van der Waals surface area contributed by atoms with Crippen molar-refractivity contribution in [2.45, 2.75) is 26.3 Å². The molecule has 0 aliphatic heterocycles. The lowest BCUT2D eigenvalue weighted by Crippen LogP contribution is -2.46. The largest absolute Gasteiger partial charge is 0.484 e. The second-order valence-electron chi connectivity index (χ2n) is 5.44. The van der Waals surface area contributed by atoms with Gasteiger partial charge in [-0.05, 0) is 32.9 Å². The van der Waals surface area contributed by atoms with Crippen LogP contribution < -0.4 is 15.4 Å². The van der Waals surface area contributed by atoms with Crippen LogP contribution in [0.15, 0.2) is 18.2 Å². The highest BCUT2D eigenvalue weighted by Crippen LogP contribution is 2.20. The van der Waals surface area contributed by atoms with E-state index in [1.165, 1.54) is 12.1 Å². The van der Waals surface area contributed by atoms with Crippen LogP contribution in [-0.2, 0) is 9.59 Å². The maximum absolute atomic E-state index is 12.9. The van der Waals surface area contributed by atoms with E-state index >= 15 is 0 Å². The van der Waals surface area contributed by atoms with Crippen LogP contribution in [0.5, 0.6) is 5.75 Å². The van der Waals surface area contributed by atoms with E-state index in [-0.39, 0.29) is 35.4 Å². The monoisotopic (exact) mass is 316 g/mol. The van der Waals surface area contributed by atoms with Crippen LogP contribution in [0.1, 0.15) is 20.8 Å². The topological polar surface area (TPSA) is 67.4 Å². The smallest absolute Gasteiger partial charge is 0.258 e. The first-order chi connectivity index (χ1) is 9.67.